The van der Waals surface area contributed by atoms with Crippen molar-refractivity contribution in [3.05, 3.63) is 0 Å². The van der Waals surface area contributed by atoms with Gasteiger partial charge in [-0.25, -0.2) is 0 Å². The summed E-state index contributed by atoms with van der Waals surface area (Å²) in [5.74, 6) is 0.915. The van der Waals surface area contributed by atoms with Crippen LogP contribution in [-0.4, -0.2) is 39.7 Å². The average Bonchev–Trinajstić information content (AvgIpc) is 1.92. The van der Waals surface area contributed by atoms with Gasteiger partial charge in [0.05, 0.1) is 11.4 Å². The van der Waals surface area contributed by atoms with Crippen molar-refractivity contribution in [1.29, 1.82) is 0 Å². The van der Waals surface area contributed by atoms with Crippen LogP contribution in [0.1, 0.15) is 0 Å². The molecule has 2 fully saturated rings. The van der Waals surface area contributed by atoms with Gasteiger partial charge in [0.1, 0.15) is 6.10 Å². The number of hydrogen-bond acceptors (Lipinski definition) is 4. The van der Waals surface area contributed by atoms with Crippen molar-refractivity contribution < 1.29 is 14.9 Å². The molecule has 0 aromatic rings. The largest absolute Gasteiger partial charge is 0.387 e. The predicted molar refractivity (Wildman–Crippen MR) is 33.1 cm³/mol. The predicted octanol–water partition coefficient (Wildman–Crippen LogP) is -0.820. The van der Waals surface area contributed by atoms with E-state index in [2.05, 4.69) is 0 Å². The second-order valence-corrected chi connectivity index (χ2v) is 3.56. The average molecular weight is 148 g/mol. The number of ether oxygens (including phenoxy) is 1. The lowest BCUT2D eigenvalue weighted by Crippen LogP contribution is -2.38. The Kier molecular flexibility index (Phi) is 1.23. The maximum Gasteiger partial charge on any atom is 0.182 e. The van der Waals surface area contributed by atoms with Crippen molar-refractivity contribution in [3.63, 3.8) is 0 Å². The van der Waals surface area contributed by atoms with Crippen LogP contribution in [-0.2, 0) is 4.74 Å². The van der Waals surface area contributed by atoms with Crippen molar-refractivity contribution in [2.24, 2.45) is 0 Å². The lowest BCUT2D eigenvalue weighted by Gasteiger charge is -2.28. The zero-order valence-corrected chi connectivity index (χ0v) is 5.54. The molecule has 2 rings (SSSR count). The third-order valence-corrected chi connectivity index (χ3v) is 3.25. The first-order chi connectivity index (χ1) is 4.29. The van der Waals surface area contributed by atoms with Crippen molar-refractivity contribution in [2.75, 3.05) is 5.75 Å². The molecule has 4 atom stereocenters. The van der Waals surface area contributed by atoms with Gasteiger partial charge in [0.2, 0.25) is 0 Å². The lowest BCUT2D eigenvalue weighted by molar-refractivity contribution is -0.122. The van der Waals surface area contributed by atoms with Crippen molar-refractivity contribution in [2.45, 2.75) is 23.7 Å². The van der Waals surface area contributed by atoms with E-state index in [1.807, 2.05) is 0 Å². The molecule has 2 N–H and O–H groups in total. The summed E-state index contributed by atoms with van der Waals surface area (Å²) in [6.45, 7) is 0. The van der Waals surface area contributed by atoms with Gasteiger partial charge in [-0.2, -0.15) is 11.8 Å². The fourth-order valence-electron chi connectivity index (χ4n) is 1.14. The second-order valence-electron chi connectivity index (χ2n) is 2.35. The Hall–Kier alpha value is 0.230. The summed E-state index contributed by atoms with van der Waals surface area (Å²) >= 11 is 1.65. The van der Waals surface area contributed by atoms with Crippen LogP contribution in [0.3, 0.4) is 0 Å². The molecule has 2 aliphatic heterocycles. The molecule has 52 valence electrons. The van der Waals surface area contributed by atoms with Crippen LogP contribution in [0.25, 0.3) is 0 Å². The van der Waals surface area contributed by atoms with Gasteiger partial charge in [-0.05, 0) is 0 Å². The lowest BCUT2D eigenvalue weighted by atomic mass is 10.2. The number of aliphatic hydroxyl groups excluding tert-OH is 2. The summed E-state index contributed by atoms with van der Waals surface area (Å²) in [5.41, 5.74) is 0. The number of thioether (sulfide) groups is 1. The molecule has 4 heteroatoms. The molecule has 9 heavy (non-hydrogen) atoms. The standard InChI is InChI=1S/C5H8O3S/c6-3-4-2(1-9-4)8-5(3)7/h2-7H,1H2/t2-,3-,4+,5?/m0/s1. The third kappa shape index (κ3) is 0.709. The third-order valence-electron chi connectivity index (χ3n) is 1.76. The van der Waals surface area contributed by atoms with E-state index in [4.69, 9.17) is 14.9 Å². The number of fused-ring (bicyclic) bond motifs is 1. The fraction of sp³-hybridized carbons (Fsp3) is 1.00. The molecule has 0 aliphatic carbocycles. The summed E-state index contributed by atoms with van der Waals surface area (Å²) in [6, 6.07) is 0. The molecule has 2 heterocycles. The van der Waals surface area contributed by atoms with E-state index in [-0.39, 0.29) is 11.4 Å². The monoisotopic (exact) mass is 148 g/mol. The molecule has 0 spiro atoms. The van der Waals surface area contributed by atoms with E-state index in [9.17, 15) is 0 Å². The highest BCUT2D eigenvalue weighted by atomic mass is 32.2. The van der Waals surface area contributed by atoms with Crippen LogP contribution >= 0.6 is 11.8 Å². The molecule has 0 bridgehead atoms. The Bertz CT molecular complexity index is 125. The van der Waals surface area contributed by atoms with Crippen LogP contribution < -0.4 is 0 Å². The molecule has 0 aromatic carbocycles. The zero-order chi connectivity index (χ0) is 6.43. The van der Waals surface area contributed by atoms with E-state index in [0.717, 1.165) is 5.75 Å². The van der Waals surface area contributed by atoms with Gasteiger partial charge in [0, 0.05) is 5.75 Å². The van der Waals surface area contributed by atoms with Crippen LogP contribution in [0.5, 0.6) is 0 Å². The summed E-state index contributed by atoms with van der Waals surface area (Å²) in [7, 11) is 0. The summed E-state index contributed by atoms with van der Waals surface area (Å²) in [6.07, 6.45) is -1.48. The first-order valence-electron chi connectivity index (χ1n) is 2.92. The van der Waals surface area contributed by atoms with E-state index < -0.39 is 12.4 Å². The highest BCUT2D eigenvalue weighted by Gasteiger charge is 2.49. The number of hydrogen-bond donors (Lipinski definition) is 2. The van der Waals surface area contributed by atoms with E-state index in [1.165, 1.54) is 0 Å². The van der Waals surface area contributed by atoms with Crippen molar-refractivity contribution in [1.82, 2.24) is 0 Å². The minimum atomic E-state index is -0.935. The highest BCUT2D eigenvalue weighted by molar-refractivity contribution is 8.01. The SMILES string of the molecule is OC1O[C@H]2CS[C@H]2[C@@H]1O. The highest BCUT2D eigenvalue weighted by Crippen LogP contribution is 2.40. The van der Waals surface area contributed by atoms with Crippen LogP contribution in [0.2, 0.25) is 0 Å². The molecule has 2 aliphatic rings. The van der Waals surface area contributed by atoms with Gasteiger partial charge in [-0.15, -0.1) is 0 Å². The molecule has 0 amide bonds. The molecule has 1 unspecified atom stereocenters. The number of rotatable bonds is 0. The molecule has 0 aromatic heterocycles. The summed E-state index contributed by atoms with van der Waals surface area (Å²) < 4.78 is 4.96. The fourth-order valence-corrected chi connectivity index (χ4v) is 2.19. The summed E-state index contributed by atoms with van der Waals surface area (Å²) in [4.78, 5) is 0. The van der Waals surface area contributed by atoms with Gasteiger partial charge in [-0.3, -0.25) is 0 Å². The van der Waals surface area contributed by atoms with Crippen molar-refractivity contribution in [3.8, 4) is 0 Å². The minimum Gasteiger partial charge on any atom is -0.387 e. The maximum atomic E-state index is 9.09. The Morgan fingerprint density at radius 1 is 1.44 bits per heavy atom. The zero-order valence-electron chi connectivity index (χ0n) is 4.73. The van der Waals surface area contributed by atoms with E-state index in [1.54, 1.807) is 11.8 Å². The topological polar surface area (TPSA) is 49.7 Å². The maximum absolute atomic E-state index is 9.09. The van der Waals surface area contributed by atoms with Crippen LogP contribution in [0.15, 0.2) is 0 Å². The normalized spacial score (nSPS) is 56.7. The van der Waals surface area contributed by atoms with E-state index in [0.29, 0.717) is 0 Å². The molecular formula is C5H8O3S. The second kappa shape index (κ2) is 1.85. The summed E-state index contributed by atoms with van der Waals surface area (Å²) in [5, 5.41) is 18.1. The molecule has 2 saturated heterocycles. The number of aliphatic hydroxyl groups is 2. The first-order valence-corrected chi connectivity index (χ1v) is 3.97. The van der Waals surface area contributed by atoms with Gasteiger partial charge in [-0.1, -0.05) is 0 Å². The smallest absolute Gasteiger partial charge is 0.182 e. The molecular weight excluding hydrogens is 140 g/mol. The van der Waals surface area contributed by atoms with Crippen molar-refractivity contribution >= 4 is 11.8 Å². The quantitative estimate of drug-likeness (QED) is 0.471. The van der Waals surface area contributed by atoms with Crippen LogP contribution in [0, 0.1) is 0 Å². The van der Waals surface area contributed by atoms with Gasteiger partial charge < -0.3 is 14.9 Å². The Labute approximate surface area is 57.0 Å². The Morgan fingerprint density at radius 3 is 2.44 bits per heavy atom. The molecule has 3 nitrogen and oxygen atoms in total. The van der Waals surface area contributed by atoms with Crippen LogP contribution in [0.4, 0.5) is 0 Å². The Morgan fingerprint density at radius 2 is 2.22 bits per heavy atom. The molecule has 0 saturated carbocycles. The minimum absolute atomic E-state index is 0.111. The van der Waals surface area contributed by atoms with Gasteiger partial charge in [0.15, 0.2) is 6.29 Å². The first kappa shape index (κ1) is 5.97. The van der Waals surface area contributed by atoms with Gasteiger partial charge >= 0.3 is 0 Å². The van der Waals surface area contributed by atoms with Gasteiger partial charge in [0.25, 0.3) is 0 Å². The molecule has 0 radical (unpaired) electrons. The van der Waals surface area contributed by atoms with E-state index >= 15 is 0 Å². The Balaban J connectivity index is 2.07.